The molecule has 1 saturated heterocycles. The summed E-state index contributed by atoms with van der Waals surface area (Å²) in [6.07, 6.45) is 4.58. The number of amides is 3. The van der Waals surface area contributed by atoms with Crippen molar-refractivity contribution >= 4 is 18.1 Å². The Hall–Kier alpha value is -2.77. The zero-order chi connectivity index (χ0) is 25.7. The fourth-order valence-electron chi connectivity index (χ4n) is 7.49. The lowest BCUT2D eigenvalue weighted by Gasteiger charge is -2.58. The summed E-state index contributed by atoms with van der Waals surface area (Å²) >= 11 is 0. The molecule has 4 bridgehead atoms. The Bertz CT molecular complexity index is 1010. The van der Waals surface area contributed by atoms with Gasteiger partial charge in [-0.15, -0.1) is 0 Å². The van der Waals surface area contributed by atoms with Gasteiger partial charge in [0.1, 0.15) is 11.7 Å². The molecule has 36 heavy (non-hydrogen) atoms. The molecule has 1 heterocycles. The van der Waals surface area contributed by atoms with Gasteiger partial charge in [-0.25, -0.2) is 9.59 Å². The van der Waals surface area contributed by atoms with Crippen molar-refractivity contribution in [1.82, 2.24) is 10.2 Å². The van der Waals surface area contributed by atoms with E-state index in [1.807, 2.05) is 51.1 Å². The number of rotatable bonds is 5. The van der Waals surface area contributed by atoms with Crippen LogP contribution in [0.2, 0.25) is 0 Å². The van der Waals surface area contributed by atoms with Gasteiger partial charge in [0.25, 0.3) is 0 Å². The van der Waals surface area contributed by atoms with Crippen LogP contribution in [0.25, 0.3) is 0 Å². The van der Waals surface area contributed by atoms with Crippen LogP contribution in [-0.2, 0) is 20.7 Å². The zero-order valence-corrected chi connectivity index (χ0v) is 21.6. The normalized spacial score (nSPS) is 34.9. The molecular weight excluding hydrogens is 458 g/mol. The van der Waals surface area contributed by atoms with E-state index >= 15 is 0 Å². The first-order valence-corrected chi connectivity index (χ1v) is 13.3. The Morgan fingerprint density at radius 2 is 1.75 bits per heavy atom. The van der Waals surface area contributed by atoms with Gasteiger partial charge < -0.3 is 25.4 Å². The van der Waals surface area contributed by atoms with Crippen LogP contribution < -0.4 is 11.1 Å². The standard InChI is InChI=1S/C28H39N3O5/c1-26(2,3)36-24(33)30-28(14-18-7-5-4-6-8-18)9-10-31(17-28)25(34)35-22-20-11-19-12-21(22)16-27(13-19,15-20)23(29)32/h4-8,19-22H,9-17H2,1-3H3,(H2,29,32)(H,30,33)/t19?,20-,21?,22?,27+,28?/m1/s1. The topological polar surface area (TPSA) is 111 Å². The molecule has 5 fully saturated rings. The number of carbonyl (C=O) groups is 3. The molecule has 8 nitrogen and oxygen atoms in total. The van der Waals surface area contributed by atoms with E-state index in [1.165, 1.54) is 0 Å². The highest BCUT2D eigenvalue weighted by molar-refractivity contribution is 5.81. The molecule has 1 aromatic carbocycles. The number of carbonyl (C=O) groups excluding carboxylic acids is 3. The van der Waals surface area contributed by atoms with E-state index in [4.69, 9.17) is 15.2 Å². The molecule has 4 saturated carbocycles. The number of nitrogens with zero attached hydrogens (tertiary/aromatic N) is 1. The Morgan fingerprint density at radius 1 is 1.08 bits per heavy atom. The van der Waals surface area contributed by atoms with Gasteiger partial charge in [-0.1, -0.05) is 30.3 Å². The van der Waals surface area contributed by atoms with E-state index in [0.29, 0.717) is 31.8 Å². The fourth-order valence-corrected chi connectivity index (χ4v) is 7.49. The third kappa shape index (κ3) is 4.91. The zero-order valence-electron chi connectivity index (χ0n) is 21.6. The number of ether oxygens (including phenoxy) is 2. The van der Waals surface area contributed by atoms with Crippen molar-refractivity contribution in [2.24, 2.45) is 28.9 Å². The van der Waals surface area contributed by atoms with Gasteiger partial charge in [-0.2, -0.15) is 0 Å². The van der Waals surface area contributed by atoms with Crippen molar-refractivity contribution in [3.05, 3.63) is 35.9 Å². The fraction of sp³-hybridized carbons (Fsp3) is 0.679. The number of alkyl carbamates (subject to hydrolysis) is 1. The summed E-state index contributed by atoms with van der Waals surface area (Å²) in [5, 5.41) is 3.09. The van der Waals surface area contributed by atoms with Crippen LogP contribution in [0.3, 0.4) is 0 Å². The van der Waals surface area contributed by atoms with Crippen LogP contribution in [-0.4, -0.2) is 53.3 Å². The van der Waals surface area contributed by atoms with Crippen molar-refractivity contribution in [3.63, 3.8) is 0 Å². The highest BCUT2D eigenvalue weighted by atomic mass is 16.6. The smallest absolute Gasteiger partial charge is 0.410 e. The number of hydrogen-bond acceptors (Lipinski definition) is 5. The molecular formula is C28H39N3O5. The number of hydrogen-bond donors (Lipinski definition) is 2. The first-order valence-electron chi connectivity index (χ1n) is 13.3. The summed E-state index contributed by atoms with van der Waals surface area (Å²) in [5.41, 5.74) is 5.24. The number of likely N-dealkylation sites (tertiary alicyclic amines) is 1. The van der Waals surface area contributed by atoms with Gasteiger partial charge in [-0.05, 0) is 89.0 Å². The summed E-state index contributed by atoms with van der Waals surface area (Å²) in [5.74, 6) is 0.715. The minimum Gasteiger partial charge on any atom is -0.446 e. The Morgan fingerprint density at radius 3 is 2.36 bits per heavy atom. The van der Waals surface area contributed by atoms with Crippen molar-refractivity contribution in [2.75, 3.05) is 13.1 Å². The Balaban J connectivity index is 1.27. The maximum Gasteiger partial charge on any atom is 0.410 e. The predicted molar refractivity (Wildman–Crippen MR) is 134 cm³/mol. The number of benzene rings is 1. The van der Waals surface area contributed by atoms with Crippen molar-refractivity contribution in [1.29, 1.82) is 0 Å². The van der Waals surface area contributed by atoms with Gasteiger partial charge in [0.15, 0.2) is 0 Å². The van der Waals surface area contributed by atoms with E-state index in [1.54, 1.807) is 4.90 Å². The van der Waals surface area contributed by atoms with Crippen molar-refractivity contribution in [3.8, 4) is 0 Å². The van der Waals surface area contributed by atoms with Crippen LogP contribution in [0.4, 0.5) is 9.59 Å². The average Bonchev–Trinajstić information content (AvgIpc) is 3.18. The van der Waals surface area contributed by atoms with Gasteiger partial charge in [0.05, 0.1) is 11.0 Å². The maximum absolute atomic E-state index is 13.4. The second-order valence-electron chi connectivity index (χ2n) is 12.7. The molecule has 6 rings (SSSR count). The van der Waals surface area contributed by atoms with Gasteiger partial charge in [-0.3, -0.25) is 4.79 Å². The quantitative estimate of drug-likeness (QED) is 0.638. The molecule has 0 aromatic heterocycles. The van der Waals surface area contributed by atoms with E-state index in [0.717, 1.165) is 37.7 Å². The average molecular weight is 498 g/mol. The van der Waals surface area contributed by atoms with Crippen LogP contribution in [0.15, 0.2) is 30.3 Å². The second kappa shape index (κ2) is 8.96. The number of nitrogens with two attached hydrogens (primary N) is 1. The summed E-state index contributed by atoms with van der Waals surface area (Å²) in [7, 11) is 0. The van der Waals surface area contributed by atoms with Crippen molar-refractivity contribution in [2.45, 2.75) is 83.0 Å². The van der Waals surface area contributed by atoms with E-state index in [9.17, 15) is 14.4 Å². The largest absolute Gasteiger partial charge is 0.446 e. The third-order valence-corrected chi connectivity index (χ3v) is 8.71. The van der Waals surface area contributed by atoms with Gasteiger partial charge >= 0.3 is 12.2 Å². The molecule has 3 N–H and O–H groups in total. The number of nitrogens with one attached hydrogen (secondary N) is 1. The molecule has 0 radical (unpaired) electrons. The third-order valence-electron chi connectivity index (χ3n) is 8.71. The molecule has 6 atom stereocenters. The van der Waals surface area contributed by atoms with E-state index in [-0.39, 0.29) is 29.9 Å². The first kappa shape index (κ1) is 24.9. The van der Waals surface area contributed by atoms with Crippen LogP contribution in [0, 0.1) is 23.2 Å². The van der Waals surface area contributed by atoms with Crippen LogP contribution in [0.5, 0.6) is 0 Å². The molecule has 0 spiro atoms. The summed E-state index contributed by atoms with van der Waals surface area (Å²) in [4.78, 5) is 40.1. The lowest BCUT2D eigenvalue weighted by atomic mass is 9.48. The van der Waals surface area contributed by atoms with E-state index in [2.05, 4.69) is 5.32 Å². The maximum atomic E-state index is 13.4. The number of primary amides is 1. The predicted octanol–water partition coefficient (Wildman–Crippen LogP) is 4.02. The minimum absolute atomic E-state index is 0.163. The Kier molecular flexibility index (Phi) is 6.20. The molecule has 196 valence electrons. The second-order valence-corrected chi connectivity index (χ2v) is 12.7. The summed E-state index contributed by atoms with van der Waals surface area (Å²) in [6, 6.07) is 9.97. The first-order chi connectivity index (χ1) is 17.0. The van der Waals surface area contributed by atoms with Gasteiger partial charge in [0.2, 0.25) is 5.91 Å². The molecule has 4 unspecified atom stereocenters. The van der Waals surface area contributed by atoms with Crippen LogP contribution >= 0.6 is 0 Å². The molecule has 3 amide bonds. The highest BCUT2D eigenvalue weighted by Gasteiger charge is 2.59. The summed E-state index contributed by atoms with van der Waals surface area (Å²) < 4.78 is 11.7. The van der Waals surface area contributed by atoms with Crippen LogP contribution in [0.1, 0.15) is 64.9 Å². The molecule has 4 aliphatic carbocycles. The molecule has 8 heteroatoms. The summed E-state index contributed by atoms with van der Waals surface area (Å²) in [6.45, 7) is 6.36. The SMILES string of the molecule is CC(C)(C)OC(=O)NC1(Cc2ccccc2)CCN(C(=O)OC2C3CC4C[C@@H]2C[C@@](C(N)=O)(C4)C3)C1. The molecule has 1 aliphatic heterocycles. The highest BCUT2D eigenvalue weighted by Crippen LogP contribution is 2.60. The molecule has 1 aromatic rings. The monoisotopic (exact) mass is 497 g/mol. The Labute approximate surface area is 213 Å². The van der Waals surface area contributed by atoms with E-state index < -0.39 is 22.6 Å². The molecule has 5 aliphatic rings. The lowest BCUT2D eigenvalue weighted by molar-refractivity contribution is -0.161. The van der Waals surface area contributed by atoms with Gasteiger partial charge in [0, 0.05) is 13.1 Å². The minimum atomic E-state index is -0.636. The lowest BCUT2D eigenvalue weighted by Crippen LogP contribution is -2.59. The van der Waals surface area contributed by atoms with Crippen molar-refractivity contribution < 1.29 is 23.9 Å².